The van der Waals surface area contributed by atoms with Gasteiger partial charge in [0.1, 0.15) is 6.04 Å². The minimum absolute atomic E-state index is 0.0192. The lowest BCUT2D eigenvalue weighted by atomic mass is 10.0. The molecule has 0 bridgehead atoms. The summed E-state index contributed by atoms with van der Waals surface area (Å²) in [5, 5.41) is 2.96. The van der Waals surface area contributed by atoms with Gasteiger partial charge in [-0.15, -0.1) is 0 Å². The van der Waals surface area contributed by atoms with Gasteiger partial charge >= 0.3 is 0 Å². The number of hydrogen-bond acceptors (Lipinski definition) is 2. The molecule has 2 aromatic carbocycles. The van der Waals surface area contributed by atoms with Gasteiger partial charge in [0.2, 0.25) is 11.8 Å². The average Bonchev–Trinajstić information content (AvgIpc) is 2.68. The standard InChI is InChI=1S/C24H32N2O2/c1-5-14-25-24(28)22(6-2)26(17-20-12-9-10-18(3)15-20)23(27)16-21-13-8-7-11-19(21)4/h7-13,15,22H,5-6,14,16-17H2,1-4H3,(H,25,28)/t22-/m0/s1. The van der Waals surface area contributed by atoms with E-state index in [1.165, 1.54) is 0 Å². The van der Waals surface area contributed by atoms with Crippen LogP contribution in [0.4, 0.5) is 0 Å². The van der Waals surface area contributed by atoms with E-state index in [-0.39, 0.29) is 11.8 Å². The van der Waals surface area contributed by atoms with Crippen molar-refractivity contribution in [3.8, 4) is 0 Å². The first-order valence-electron chi connectivity index (χ1n) is 10.1. The van der Waals surface area contributed by atoms with Crippen LogP contribution in [-0.2, 0) is 22.6 Å². The molecular formula is C24H32N2O2. The quantitative estimate of drug-likeness (QED) is 0.709. The molecule has 28 heavy (non-hydrogen) atoms. The zero-order valence-corrected chi connectivity index (χ0v) is 17.5. The fraction of sp³-hybridized carbons (Fsp3) is 0.417. The highest BCUT2D eigenvalue weighted by Crippen LogP contribution is 2.17. The van der Waals surface area contributed by atoms with Crippen molar-refractivity contribution in [3.63, 3.8) is 0 Å². The van der Waals surface area contributed by atoms with Crippen LogP contribution in [0.3, 0.4) is 0 Å². The van der Waals surface area contributed by atoms with Gasteiger partial charge in [-0.2, -0.15) is 0 Å². The molecule has 0 heterocycles. The minimum Gasteiger partial charge on any atom is -0.354 e. The van der Waals surface area contributed by atoms with Gasteiger partial charge in [-0.25, -0.2) is 0 Å². The van der Waals surface area contributed by atoms with E-state index in [1.54, 1.807) is 4.90 Å². The molecule has 0 aromatic heterocycles. The van der Waals surface area contributed by atoms with E-state index < -0.39 is 6.04 Å². The fourth-order valence-corrected chi connectivity index (χ4v) is 3.37. The maximum atomic E-state index is 13.3. The molecule has 2 amide bonds. The minimum atomic E-state index is -0.469. The number of benzene rings is 2. The highest BCUT2D eigenvalue weighted by molar-refractivity contribution is 5.88. The van der Waals surface area contributed by atoms with E-state index >= 15 is 0 Å². The lowest BCUT2D eigenvalue weighted by Crippen LogP contribution is -2.49. The van der Waals surface area contributed by atoms with Gasteiger partial charge in [-0.3, -0.25) is 9.59 Å². The molecule has 0 spiro atoms. The summed E-state index contributed by atoms with van der Waals surface area (Å²) in [4.78, 5) is 27.8. The van der Waals surface area contributed by atoms with E-state index in [0.29, 0.717) is 25.9 Å². The average molecular weight is 381 g/mol. The van der Waals surface area contributed by atoms with Crippen molar-refractivity contribution in [2.45, 2.75) is 59.5 Å². The lowest BCUT2D eigenvalue weighted by molar-refractivity contribution is -0.140. The fourth-order valence-electron chi connectivity index (χ4n) is 3.37. The molecule has 0 fully saturated rings. The highest BCUT2D eigenvalue weighted by Gasteiger charge is 2.28. The second-order valence-corrected chi connectivity index (χ2v) is 7.33. The number of nitrogens with zero attached hydrogens (tertiary/aromatic N) is 1. The van der Waals surface area contributed by atoms with Crippen LogP contribution in [0.5, 0.6) is 0 Å². The van der Waals surface area contributed by atoms with Crippen molar-refractivity contribution in [1.82, 2.24) is 10.2 Å². The topological polar surface area (TPSA) is 49.4 Å². The third-order valence-electron chi connectivity index (χ3n) is 4.97. The zero-order valence-electron chi connectivity index (χ0n) is 17.5. The molecule has 2 rings (SSSR count). The summed E-state index contributed by atoms with van der Waals surface area (Å²) in [7, 11) is 0. The molecule has 0 radical (unpaired) electrons. The summed E-state index contributed by atoms with van der Waals surface area (Å²) in [5.41, 5.74) is 4.28. The van der Waals surface area contributed by atoms with Crippen molar-refractivity contribution in [3.05, 3.63) is 70.8 Å². The summed E-state index contributed by atoms with van der Waals surface area (Å²) in [5.74, 6) is -0.0931. The van der Waals surface area contributed by atoms with E-state index in [2.05, 4.69) is 11.4 Å². The Hall–Kier alpha value is -2.62. The predicted octanol–water partition coefficient (Wildman–Crippen LogP) is 4.18. The maximum Gasteiger partial charge on any atom is 0.242 e. The van der Waals surface area contributed by atoms with Gasteiger partial charge in [0.25, 0.3) is 0 Å². The van der Waals surface area contributed by atoms with Gasteiger partial charge in [-0.05, 0) is 43.4 Å². The van der Waals surface area contributed by atoms with Crippen LogP contribution in [0.15, 0.2) is 48.5 Å². The molecular weight excluding hydrogens is 348 g/mol. The van der Waals surface area contributed by atoms with Crippen LogP contribution in [0.2, 0.25) is 0 Å². The van der Waals surface area contributed by atoms with E-state index in [1.807, 2.05) is 70.2 Å². The summed E-state index contributed by atoms with van der Waals surface area (Å²) in [6, 6.07) is 15.6. The summed E-state index contributed by atoms with van der Waals surface area (Å²) < 4.78 is 0. The molecule has 0 aliphatic heterocycles. The van der Waals surface area contributed by atoms with E-state index in [9.17, 15) is 9.59 Å². The van der Waals surface area contributed by atoms with Crippen molar-refractivity contribution in [2.75, 3.05) is 6.54 Å². The number of rotatable bonds is 9. The van der Waals surface area contributed by atoms with Crippen LogP contribution in [0.1, 0.15) is 48.9 Å². The number of aryl methyl sites for hydroxylation is 2. The molecule has 2 aromatic rings. The van der Waals surface area contributed by atoms with Gasteiger partial charge in [0.05, 0.1) is 6.42 Å². The predicted molar refractivity (Wildman–Crippen MR) is 114 cm³/mol. The second kappa shape index (κ2) is 10.6. The van der Waals surface area contributed by atoms with Gasteiger partial charge < -0.3 is 10.2 Å². The summed E-state index contributed by atoms with van der Waals surface area (Å²) in [6.07, 6.45) is 1.76. The largest absolute Gasteiger partial charge is 0.354 e. The van der Waals surface area contributed by atoms with Crippen LogP contribution < -0.4 is 5.32 Å². The lowest BCUT2D eigenvalue weighted by Gasteiger charge is -2.31. The monoisotopic (exact) mass is 380 g/mol. The molecule has 0 saturated heterocycles. The Bertz CT molecular complexity index is 801. The first-order chi connectivity index (χ1) is 13.5. The molecule has 1 atom stereocenters. The first-order valence-corrected chi connectivity index (χ1v) is 10.1. The smallest absolute Gasteiger partial charge is 0.242 e. The highest BCUT2D eigenvalue weighted by atomic mass is 16.2. The van der Waals surface area contributed by atoms with E-state index in [4.69, 9.17) is 0 Å². The molecule has 150 valence electrons. The Morgan fingerprint density at radius 3 is 2.43 bits per heavy atom. The van der Waals surface area contributed by atoms with Crippen molar-refractivity contribution >= 4 is 11.8 Å². The Morgan fingerprint density at radius 2 is 1.79 bits per heavy atom. The van der Waals surface area contributed by atoms with Gasteiger partial charge in [0.15, 0.2) is 0 Å². The Morgan fingerprint density at radius 1 is 1.04 bits per heavy atom. The third-order valence-corrected chi connectivity index (χ3v) is 4.97. The second-order valence-electron chi connectivity index (χ2n) is 7.33. The molecule has 4 nitrogen and oxygen atoms in total. The number of nitrogens with one attached hydrogen (secondary N) is 1. The third kappa shape index (κ3) is 5.95. The summed E-state index contributed by atoms with van der Waals surface area (Å²) >= 11 is 0. The van der Waals surface area contributed by atoms with Crippen LogP contribution in [0, 0.1) is 13.8 Å². The Kier molecular flexibility index (Phi) is 8.24. The first kappa shape index (κ1) is 21.7. The van der Waals surface area contributed by atoms with Gasteiger partial charge in [-0.1, -0.05) is 67.9 Å². The number of amides is 2. The number of carbonyl (C=O) groups is 2. The number of hydrogen-bond donors (Lipinski definition) is 1. The Balaban J connectivity index is 2.29. The van der Waals surface area contributed by atoms with Crippen LogP contribution in [0.25, 0.3) is 0 Å². The molecule has 0 aliphatic rings. The van der Waals surface area contributed by atoms with Crippen molar-refractivity contribution < 1.29 is 9.59 Å². The van der Waals surface area contributed by atoms with Crippen LogP contribution in [-0.4, -0.2) is 29.3 Å². The molecule has 0 saturated carbocycles. The molecule has 1 N–H and O–H groups in total. The maximum absolute atomic E-state index is 13.3. The zero-order chi connectivity index (χ0) is 20.5. The molecule has 0 unspecified atom stereocenters. The summed E-state index contributed by atoms with van der Waals surface area (Å²) in [6.45, 7) is 9.09. The van der Waals surface area contributed by atoms with Crippen molar-refractivity contribution in [2.24, 2.45) is 0 Å². The number of carbonyl (C=O) groups excluding carboxylic acids is 2. The SMILES string of the molecule is CCCNC(=O)[C@H](CC)N(Cc1cccc(C)c1)C(=O)Cc1ccccc1C. The normalized spacial score (nSPS) is 11.7. The van der Waals surface area contributed by atoms with Gasteiger partial charge in [0, 0.05) is 13.1 Å². The van der Waals surface area contributed by atoms with Crippen molar-refractivity contribution in [1.29, 1.82) is 0 Å². The van der Waals surface area contributed by atoms with Crippen LogP contribution >= 0.6 is 0 Å². The Labute approximate surface area is 169 Å². The molecule has 0 aliphatic carbocycles. The van der Waals surface area contributed by atoms with E-state index in [0.717, 1.165) is 28.7 Å². The molecule has 4 heteroatoms.